The molecule has 2 saturated heterocycles. The second kappa shape index (κ2) is 12.4. The van der Waals surface area contributed by atoms with Crippen molar-refractivity contribution in [2.45, 2.75) is 24.7 Å². The van der Waals surface area contributed by atoms with E-state index in [9.17, 15) is 13.2 Å². The number of guanidine groups is 1. The molecule has 0 amide bonds. The smallest absolute Gasteiger partial charge is 0.379 e. The van der Waals surface area contributed by atoms with E-state index in [1.54, 1.807) is 7.05 Å². The molecular weight excluding hydrogens is 546 g/mol. The van der Waals surface area contributed by atoms with E-state index in [1.807, 2.05) is 18.2 Å². The Labute approximate surface area is 203 Å². The van der Waals surface area contributed by atoms with E-state index in [0.717, 1.165) is 18.7 Å². The predicted octanol–water partition coefficient (Wildman–Crippen LogP) is 3.13. The lowest BCUT2D eigenvalue weighted by atomic mass is 10.0. The number of alkyl halides is 3. The molecule has 176 valence electrons. The van der Waals surface area contributed by atoms with Gasteiger partial charge in [-0.3, -0.25) is 14.8 Å². The fourth-order valence-electron chi connectivity index (χ4n) is 3.99. The summed E-state index contributed by atoms with van der Waals surface area (Å²) in [7, 11) is 1.67. The van der Waals surface area contributed by atoms with E-state index in [4.69, 9.17) is 16.3 Å². The molecule has 2 atom stereocenters. The molecule has 0 saturated carbocycles. The third kappa shape index (κ3) is 8.56. The van der Waals surface area contributed by atoms with Gasteiger partial charge in [-0.05, 0) is 24.1 Å². The first kappa shape index (κ1) is 26.4. The highest BCUT2D eigenvalue weighted by Gasteiger charge is 2.34. The number of nitrogens with one attached hydrogen (secondary N) is 2. The maximum Gasteiger partial charge on any atom is 0.401 e. The summed E-state index contributed by atoms with van der Waals surface area (Å²) in [6, 6.07) is 7.82. The molecule has 31 heavy (non-hydrogen) atoms. The Morgan fingerprint density at radius 1 is 1.29 bits per heavy atom. The van der Waals surface area contributed by atoms with E-state index in [-0.39, 0.29) is 36.1 Å². The number of hydrogen-bond acceptors (Lipinski definition) is 4. The summed E-state index contributed by atoms with van der Waals surface area (Å²) in [4.78, 5) is 8.03. The summed E-state index contributed by atoms with van der Waals surface area (Å²) in [5.74, 6) is 0.592. The van der Waals surface area contributed by atoms with Crippen molar-refractivity contribution in [1.82, 2.24) is 20.4 Å². The van der Waals surface area contributed by atoms with Crippen LogP contribution in [-0.2, 0) is 4.74 Å². The molecule has 6 nitrogen and oxygen atoms in total. The monoisotopic (exact) mass is 575 g/mol. The van der Waals surface area contributed by atoms with Crippen LogP contribution in [0.2, 0.25) is 5.02 Å². The Morgan fingerprint density at radius 2 is 2.03 bits per heavy atom. The minimum Gasteiger partial charge on any atom is -0.379 e. The van der Waals surface area contributed by atoms with E-state index < -0.39 is 12.7 Å². The van der Waals surface area contributed by atoms with Gasteiger partial charge in [0.15, 0.2) is 5.96 Å². The second-order valence-electron chi connectivity index (χ2n) is 7.65. The molecule has 2 N–H and O–H groups in total. The van der Waals surface area contributed by atoms with Crippen molar-refractivity contribution in [2.75, 3.05) is 59.5 Å². The van der Waals surface area contributed by atoms with E-state index in [0.29, 0.717) is 50.3 Å². The molecule has 0 aliphatic carbocycles. The van der Waals surface area contributed by atoms with Crippen molar-refractivity contribution in [3.63, 3.8) is 0 Å². The minimum atomic E-state index is -4.17. The molecule has 3 rings (SSSR count). The number of benzene rings is 1. The van der Waals surface area contributed by atoms with Crippen molar-refractivity contribution in [2.24, 2.45) is 4.99 Å². The van der Waals surface area contributed by atoms with Crippen LogP contribution in [0.3, 0.4) is 0 Å². The van der Waals surface area contributed by atoms with Crippen molar-refractivity contribution >= 4 is 41.5 Å². The summed E-state index contributed by atoms with van der Waals surface area (Å²) < 4.78 is 43.3. The molecule has 1 aromatic carbocycles. The first-order valence-corrected chi connectivity index (χ1v) is 10.6. The standard InChI is InChI=1S/C20H29ClF3N5O.HI/c1-25-19(27-17-5-6-28(13-17)14-20(22,23)24)26-12-18(29-7-9-30-10-8-29)15-3-2-4-16(21)11-15;/h2-4,11,17-18H,5-10,12-14H2,1H3,(H2,25,26,27);1H. The fourth-order valence-corrected chi connectivity index (χ4v) is 4.19. The van der Waals surface area contributed by atoms with Gasteiger partial charge in [0.05, 0.1) is 25.8 Å². The van der Waals surface area contributed by atoms with E-state index in [1.165, 1.54) is 4.90 Å². The van der Waals surface area contributed by atoms with Crippen LogP contribution >= 0.6 is 35.6 Å². The van der Waals surface area contributed by atoms with Crippen molar-refractivity contribution in [1.29, 1.82) is 0 Å². The number of aliphatic imine (C=N–C) groups is 1. The number of hydrogen-bond donors (Lipinski definition) is 2. The molecule has 0 spiro atoms. The molecule has 0 radical (unpaired) electrons. The summed E-state index contributed by atoms with van der Waals surface area (Å²) in [6.45, 7) is 3.50. The van der Waals surface area contributed by atoms with E-state index >= 15 is 0 Å². The lowest BCUT2D eigenvalue weighted by Crippen LogP contribution is -2.49. The number of likely N-dealkylation sites (tertiary alicyclic amines) is 1. The first-order valence-electron chi connectivity index (χ1n) is 10.2. The van der Waals surface area contributed by atoms with Gasteiger partial charge in [-0.25, -0.2) is 0 Å². The molecule has 2 aliphatic rings. The minimum absolute atomic E-state index is 0. The van der Waals surface area contributed by atoms with Gasteiger partial charge in [0, 0.05) is 50.8 Å². The molecule has 2 heterocycles. The van der Waals surface area contributed by atoms with E-state index in [2.05, 4.69) is 26.6 Å². The third-order valence-electron chi connectivity index (χ3n) is 5.42. The molecule has 2 fully saturated rings. The Balaban J connectivity index is 0.00000341. The summed E-state index contributed by atoms with van der Waals surface area (Å²) >= 11 is 6.21. The van der Waals surface area contributed by atoms with Gasteiger partial charge in [0.25, 0.3) is 0 Å². The number of nitrogens with zero attached hydrogens (tertiary/aromatic N) is 3. The largest absolute Gasteiger partial charge is 0.401 e. The topological polar surface area (TPSA) is 52.1 Å². The summed E-state index contributed by atoms with van der Waals surface area (Å²) in [5, 5.41) is 7.29. The van der Waals surface area contributed by atoms with Gasteiger partial charge < -0.3 is 15.4 Å². The number of halogens is 5. The van der Waals surface area contributed by atoms with Crippen molar-refractivity contribution < 1.29 is 17.9 Å². The number of rotatable bonds is 6. The van der Waals surface area contributed by atoms with Crippen LogP contribution in [-0.4, -0.2) is 87.5 Å². The SMILES string of the molecule is CN=C(NCC(c1cccc(Cl)c1)N1CCOCC1)NC1CCN(CC(F)(F)F)C1.I. The Hall–Kier alpha value is -0.820. The van der Waals surface area contributed by atoms with Crippen molar-refractivity contribution in [3.05, 3.63) is 34.9 Å². The molecule has 0 aromatic heterocycles. The number of morpholine rings is 1. The molecule has 0 bridgehead atoms. The van der Waals surface area contributed by atoms with Crippen LogP contribution < -0.4 is 10.6 Å². The molecular formula is C20H30ClF3IN5O. The number of ether oxygens (including phenoxy) is 1. The zero-order valence-electron chi connectivity index (χ0n) is 17.5. The van der Waals surface area contributed by atoms with Gasteiger partial charge in [-0.1, -0.05) is 23.7 Å². The first-order chi connectivity index (χ1) is 14.3. The second-order valence-corrected chi connectivity index (χ2v) is 8.09. The highest BCUT2D eigenvalue weighted by atomic mass is 127. The molecule has 2 unspecified atom stereocenters. The van der Waals surface area contributed by atoms with Crippen LogP contribution in [0.5, 0.6) is 0 Å². The van der Waals surface area contributed by atoms with Crippen LogP contribution in [0.15, 0.2) is 29.3 Å². The van der Waals surface area contributed by atoms with Gasteiger partial charge in [-0.15, -0.1) is 24.0 Å². The third-order valence-corrected chi connectivity index (χ3v) is 5.66. The lowest BCUT2D eigenvalue weighted by Gasteiger charge is -2.35. The van der Waals surface area contributed by atoms with Gasteiger partial charge in [-0.2, -0.15) is 13.2 Å². The van der Waals surface area contributed by atoms with Crippen LogP contribution in [0, 0.1) is 0 Å². The quantitative estimate of drug-likeness (QED) is 0.310. The van der Waals surface area contributed by atoms with Crippen molar-refractivity contribution in [3.8, 4) is 0 Å². The highest BCUT2D eigenvalue weighted by molar-refractivity contribution is 14.0. The Kier molecular flexibility index (Phi) is 10.6. The average molecular weight is 576 g/mol. The van der Waals surface area contributed by atoms with Gasteiger partial charge in [0.2, 0.25) is 0 Å². The summed E-state index contributed by atoms with van der Waals surface area (Å²) in [6.07, 6.45) is -3.52. The Bertz CT molecular complexity index is 718. The van der Waals surface area contributed by atoms with Gasteiger partial charge in [0.1, 0.15) is 0 Å². The zero-order valence-corrected chi connectivity index (χ0v) is 20.6. The van der Waals surface area contributed by atoms with Crippen LogP contribution in [0.25, 0.3) is 0 Å². The maximum atomic E-state index is 12.6. The highest BCUT2D eigenvalue weighted by Crippen LogP contribution is 2.24. The normalized spacial score (nSPS) is 22.1. The molecule has 2 aliphatic heterocycles. The van der Waals surface area contributed by atoms with Gasteiger partial charge >= 0.3 is 6.18 Å². The lowest BCUT2D eigenvalue weighted by molar-refractivity contribution is -0.143. The fraction of sp³-hybridized carbons (Fsp3) is 0.650. The van der Waals surface area contributed by atoms with Crippen LogP contribution in [0.4, 0.5) is 13.2 Å². The average Bonchev–Trinajstić information content (AvgIpc) is 3.13. The Morgan fingerprint density at radius 3 is 2.68 bits per heavy atom. The zero-order chi connectivity index (χ0) is 21.6. The molecule has 11 heteroatoms. The molecule has 1 aromatic rings. The maximum absolute atomic E-state index is 12.6. The van der Waals surface area contributed by atoms with Crippen LogP contribution in [0.1, 0.15) is 18.0 Å². The summed E-state index contributed by atoms with van der Waals surface area (Å²) in [5.41, 5.74) is 1.10. The predicted molar refractivity (Wildman–Crippen MR) is 127 cm³/mol.